The van der Waals surface area contributed by atoms with Crippen LogP contribution in [-0.2, 0) is 17.8 Å². The van der Waals surface area contributed by atoms with Gasteiger partial charge in [-0.3, -0.25) is 0 Å². The molecule has 1 atom stereocenters. The minimum atomic E-state index is -5.08. The Hall–Kier alpha value is -3.23. The van der Waals surface area contributed by atoms with Crippen LogP contribution in [0, 0.1) is 18.3 Å². The summed E-state index contributed by atoms with van der Waals surface area (Å²) in [7, 11) is 0. The van der Waals surface area contributed by atoms with Crippen molar-refractivity contribution in [3.8, 4) is 11.8 Å². The van der Waals surface area contributed by atoms with Crippen molar-refractivity contribution in [3.63, 3.8) is 0 Å². The molecule has 0 aliphatic carbocycles. The summed E-state index contributed by atoms with van der Waals surface area (Å²) in [5, 5.41) is 26.9. The average Bonchev–Trinajstić information content (AvgIpc) is 3.29. The number of ether oxygens (including phenoxy) is 1. The first-order chi connectivity index (χ1) is 16.5. The Morgan fingerprint density at radius 1 is 1.34 bits per heavy atom. The molecule has 4 rings (SSSR count). The van der Waals surface area contributed by atoms with Crippen molar-refractivity contribution in [3.05, 3.63) is 58.1 Å². The third-order valence-corrected chi connectivity index (χ3v) is 6.32. The van der Waals surface area contributed by atoms with Gasteiger partial charge in [-0.2, -0.15) is 23.5 Å². The zero-order valence-electron chi connectivity index (χ0n) is 19.4. The first-order valence-electron chi connectivity index (χ1n) is 10.8. The van der Waals surface area contributed by atoms with E-state index in [1.54, 1.807) is 11.8 Å². The quantitative estimate of drug-likeness (QED) is 0.593. The molecule has 11 heteroatoms. The highest BCUT2D eigenvalue weighted by atomic mass is 32.2. The van der Waals surface area contributed by atoms with Gasteiger partial charge in [0.1, 0.15) is 17.2 Å². The van der Waals surface area contributed by atoms with E-state index >= 15 is 0 Å². The number of hydrogen-bond acceptors (Lipinski definition) is 7. The van der Waals surface area contributed by atoms with Crippen molar-refractivity contribution in [1.29, 1.82) is 5.26 Å². The summed E-state index contributed by atoms with van der Waals surface area (Å²) in [6, 6.07) is 12.5. The molecule has 186 valence electrons. The number of nitrogens with zero attached hydrogens (tertiary/aromatic N) is 3. The first-order valence-corrected chi connectivity index (χ1v) is 11.8. The number of anilines is 1. The molecule has 2 aliphatic rings. The number of rotatable bonds is 4. The fraction of sp³-hybridized carbons (Fsp3) is 0.375. The molecule has 0 bridgehead atoms. The van der Waals surface area contributed by atoms with Gasteiger partial charge in [0, 0.05) is 6.54 Å². The summed E-state index contributed by atoms with van der Waals surface area (Å²) in [6.07, 6.45) is -4.00. The van der Waals surface area contributed by atoms with Gasteiger partial charge >= 0.3 is 12.1 Å². The summed E-state index contributed by atoms with van der Waals surface area (Å²) in [5.74, 6) is -2.12. The zero-order valence-corrected chi connectivity index (χ0v) is 20.2. The minimum absolute atomic E-state index is 0.0127. The van der Waals surface area contributed by atoms with E-state index in [2.05, 4.69) is 40.6 Å². The lowest BCUT2D eigenvalue weighted by Crippen LogP contribution is -2.26. The molecular weight excluding hydrogens is 481 g/mol. The third kappa shape index (κ3) is 6.26. The lowest BCUT2D eigenvalue weighted by Gasteiger charge is -2.28. The van der Waals surface area contributed by atoms with Crippen LogP contribution in [0.15, 0.2) is 35.4 Å². The van der Waals surface area contributed by atoms with Crippen LogP contribution in [0.3, 0.4) is 0 Å². The van der Waals surface area contributed by atoms with E-state index in [0.29, 0.717) is 11.3 Å². The monoisotopic (exact) mass is 506 g/mol. The standard InChI is InChI=1S/C22H24N4OS.C2HF3O2/c1-14(2)27-21-7-5-16(10-18(21)11-23)22-26(25-13-28-22)20-6-4-17-12-24-9-8-19(17)15(20)3;3-2(4,5)1(6)7/h4-7,10,13-14,22,24H,8-9,12H2,1-3H3;(H,6,7). The Morgan fingerprint density at radius 3 is 2.69 bits per heavy atom. The van der Waals surface area contributed by atoms with E-state index in [4.69, 9.17) is 14.6 Å². The summed E-state index contributed by atoms with van der Waals surface area (Å²) < 4.78 is 37.5. The van der Waals surface area contributed by atoms with E-state index in [1.807, 2.05) is 37.6 Å². The molecule has 0 radical (unpaired) electrons. The second kappa shape index (κ2) is 11.0. The van der Waals surface area contributed by atoms with Gasteiger partial charge in [-0.1, -0.05) is 23.9 Å². The normalized spacial score (nSPS) is 16.9. The molecule has 2 heterocycles. The Kier molecular flexibility index (Phi) is 8.30. The summed E-state index contributed by atoms with van der Waals surface area (Å²) in [6.45, 7) is 8.06. The van der Waals surface area contributed by atoms with Crippen LogP contribution in [-0.4, -0.2) is 35.4 Å². The van der Waals surface area contributed by atoms with Gasteiger partial charge in [0.05, 0.1) is 22.9 Å². The van der Waals surface area contributed by atoms with E-state index in [0.717, 1.165) is 30.8 Å². The number of halogens is 3. The van der Waals surface area contributed by atoms with Gasteiger partial charge in [0.25, 0.3) is 0 Å². The van der Waals surface area contributed by atoms with Crippen molar-refractivity contribution in [1.82, 2.24) is 5.32 Å². The summed E-state index contributed by atoms with van der Waals surface area (Å²) in [4.78, 5) is 8.90. The number of benzene rings is 2. The van der Waals surface area contributed by atoms with Crippen LogP contribution in [0.4, 0.5) is 18.9 Å². The summed E-state index contributed by atoms with van der Waals surface area (Å²) in [5.41, 5.74) is 8.73. The van der Waals surface area contributed by atoms with Crippen LogP contribution in [0.25, 0.3) is 0 Å². The van der Waals surface area contributed by atoms with Crippen molar-refractivity contribution in [2.24, 2.45) is 5.10 Å². The molecular formula is C24H25F3N4O3S. The van der Waals surface area contributed by atoms with Crippen LogP contribution >= 0.6 is 11.8 Å². The van der Waals surface area contributed by atoms with Crippen LogP contribution in [0.1, 0.15) is 47.0 Å². The predicted octanol–water partition coefficient (Wildman–Crippen LogP) is 5.13. The highest BCUT2D eigenvalue weighted by molar-refractivity contribution is 8.12. The van der Waals surface area contributed by atoms with Gasteiger partial charge in [-0.15, -0.1) is 0 Å². The minimum Gasteiger partial charge on any atom is -0.490 e. The number of fused-ring (bicyclic) bond motifs is 1. The predicted molar refractivity (Wildman–Crippen MR) is 129 cm³/mol. The number of thioether (sulfide) groups is 1. The van der Waals surface area contributed by atoms with E-state index in [-0.39, 0.29) is 11.5 Å². The number of hydrazone groups is 1. The van der Waals surface area contributed by atoms with Gasteiger partial charge < -0.3 is 15.2 Å². The Bertz CT molecular complexity index is 1160. The molecule has 2 aromatic carbocycles. The van der Waals surface area contributed by atoms with Crippen molar-refractivity contribution < 1.29 is 27.8 Å². The molecule has 0 fully saturated rings. The fourth-order valence-electron chi connectivity index (χ4n) is 3.81. The molecule has 2 aliphatic heterocycles. The van der Waals surface area contributed by atoms with E-state index in [9.17, 15) is 18.4 Å². The molecule has 7 nitrogen and oxygen atoms in total. The van der Waals surface area contributed by atoms with E-state index < -0.39 is 12.1 Å². The Morgan fingerprint density at radius 2 is 2.06 bits per heavy atom. The molecule has 0 saturated carbocycles. The lowest BCUT2D eigenvalue weighted by molar-refractivity contribution is -0.192. The van der Waals surface area contributed by atoms with Gasteiger partial charge in [-0.05, 0) is 74.2 Å². The number of nitriles is 1. The molecule has 0 spiro atoms. The Balaban J connectivity index is 0.000000429. The topological polar surface area (TPSA) is 98.0 Å². The molecule has 0 saturated heterocycles. The number of nitrogens with one attached hydrogen (secondary N) is 1. The number of hydrogen-bond donors (Lipinski definition) is 2. The number of alkyl halides is 3. The molecule has 0 amide bonds. The number of carboxylic acids is 1. The fourth-order valence-corrected chi connectivity index (χ4v) is 4.66. The Labute approximate surface area is 205 Å². The van der Waals surface area contributed by atoms with Gasteiger partial charge in [0.15, 0.2) is 0 Å². The molecule has 1 unspecified atom stereocenters. The second-order valence-corrected chi connectivity index (χ2v) is 9.09. The van der Waals surface area contributed by atoms with Crippen LogP contribution in [0.5, 0.6) is 5.75 Å². The molecule has 2 N–H and O–H groups in total. The highest BCUT2D eigenvalue weighted by Crippen LogP contribution is 2.42. The molecule has 35 heavy (non-hydrogen) atoms. The average molecular weight is 507 g/mol. The van der Waals surface area contributed by atoms with Gasteiger partial charge in [0.2, 0.25) is 0 Å². The third-order valence-electron chi connectivity index (χ3n) is 5.38. The maximum Gasteiger partial charge on any atom is 0.490 e. The lowest BCUT2D eigenvalue weighted by atomic mass is 9.94. The van der Waals surface area contributed by atoms with E-state index in [1.165, 1.54) is 16.7 Å². The SMILES string of the molecule is Cc1c(N2N=CSC2c2ccc(OC(C)C)c(C#N)c2)ccc2c1CCNC2.O=C(O)C(F)(F)F. The number of carboxylic acid groups (broad SMARTS) is 1. The largest absolute Gasteiger partial charge is 0.490 e. The number of carbonyl (C=O) groups is 1. The maximum absolute atomic E-state index is 10.6. The molecule has 0 aromatic heterocycles. The highest BCUT2D eigenvalue weighted by Gasteiger charge is 2.38. The zero-order chi connectivity index (χ0) is 25.8. The van der Waals surface area contributed by atoms with Crippen LogP contribution in [0.2, 0.25) is 0 Å². The number of aliphatic carboxylic acids is 1. The van der Waals surface area contributed by atoms with Gasteiger partial charge in [-0.25, -0.2) is 9.80 Å². The molecule has 2 aromatic rings. The summed E-state index contributed by atoms with van der Waals surface area (Å²) >= 11 is 1.66. The first kappa shape index (κ1) is 26.4. The van der Waals surface area contributed by atoms with Crippen LogP contribution < -0.4 is 15.1 Å². The van der Waals surface area contributed by atoms with Crippen molar-refractivity contribution in [2.75, 3.05) is 11.6 Å². The van der Waals surface area contributed by atoms with Crippen molar-refractivity contribution in [2.45, 2.75) is 51.4 Å². The van der Waals surface area contributed by atoms with Crippen molar-refractivity contribution >= 4 is 29.0 Å². The maximum atomic E-state index is 10.6. The second-order valence-electron chi connectivity index (χ2n) is 8.16. The smallest absolute Gasteiger partial charge is 0.490 e.